The molecule has 4 rings (SSSR count). The highest BCUT2D eigenvalue weighted by Crippen LogP contribution is 2.28. The Morgan fingerprint density at radius 1 is 1.30 bits per heavy atom. The van der Waals surface area contributed by atoms with E-state index in [1.807, 2.05) is 55.1 Å². The lowest BCUT2D eigenvalue weighted by atomic mass is 10.00. The molecule has 2 aromatic heterocycles. The molecule has 0 N–H and O–H groups in total. The number of aromatic nitrogens is 2. The average molecular weight is 383 g/mol. The second-order valence-electron chi connectivity index (χ2n) is 6.78. The number of nitrogens with zero attached hydrogens (tertiary/aromatic N) is 3. The Hall–Kier alpha value is -2.67. The predicted octanol–water partition coefficient (Wildman–Crippen LogP) is 3.61. The van der Waals surface area contributed by atoms with Crippen LogP contribution in [-0.2, 0) is 6.42 Å². The lowest BCUT2D eigenvalue weighted by Gasteiger charge is -2.36. The van der Waals surface area contributed by atoms with Crippen LogP contribution in [0.5, 0.6) is 5.75 Å². The second-order valence-corrected chi connectivity index (χ2v) is 8.07. The van der Waals surface area contributed by atoms with E-state index in [0.29, 0.717) is 37.8 Å². The molecule has 1 aliphatic heterocycles. The quantitative estimate of drug-likeness (QED) is 0.650. The number of hydrogen-bond acceptors (Lipinski definition) is 6. The third kappa shape index (κ3) is 4.03. The summed E-state index contributed by atoms with van der Waals surface area (Å²) < 4.78 is 11.1. The van der Waals surface area contributed by atoms with Crippen molar-refractivity contribution in [2.24, 2.45) is 0 Å². The van der Waals surface area contributed by atoms with Gasteiger partial charge in [0, 0.05) is 24.4 Å². The number of amides is 1. The molecule has 0 aliphatic carbocycles. The zero-order valence-corrected chi connectivity index (χ0v) is 16.2. The van der Waals surface area contributed by atoms with Crippen molar-refractivity contribution < 1.29 is 14.1 Å². The van der Waals surface area contributed by atoms with Crippen LogP contribution in [0.3, 0.4) is 0 Å². The summed E-state index contributed by atoms with van der Waals surface area (Å²) in [5.74, 6) is 2.28. The standard InChI is InChI=1S/C20H21N3O3S/c1-13-4-3-5-16(10-13)25-9-8-18-21-19(26-22-18)15-11-23(12-15)20(24)17-7-6-14(2)27-17/h3-7,10,15H,8-9,11-12H2,1-2H3. The van der Waals surface area contributed by atoms with E-state index in [2.05, 4.69) is 10.1 Å². The molecule has 140 valence electrons. The maximum atomic E-state index is 12.4. The Morgan fingerprint density at radius 3 is 2.89 bits per heavy atom. The maximum Gasteiger partial charge on any atom is 0.263 e. The summed E-state index contributed by atoms with van der Waals surface area (Å²) in [6.07, 6.45) is 0.585. The molecule has 1 aliphatic rings. The van der Waals surface area contributed by atoms with Gasteiger partial charge in [0.05, 0.1) is 17.4 Å². The molecule has 1 aromatic carbocycles. The van der Waals surface area contributed by atoms with E-state index in [0.717, 1.165) is 21.1 Å². The molecule has 3 heterocycles. The van der Waals surface area contributed by atoms with Crippen molar-refractivity contribution in [3.8, 4) is 5.75 Å². The normalized spacial score (nSPS) is 14.2. The van der Waals surface area contributed by atoms with Crippen molar-refractivity contribution in [2.45, 2.75) is 26.2 Å². The summed E-state index contributed by atoms with van der Waals surface area (Å²) in [6, 6.07) is 11.8. The fraction of sp³-hybridized carbons (Fsp3) is 0.350. The van der Waals surface area contributed by atoms with Gasteiger partial charge in [-0.25, -0.2) is 0 Å². The van der Waals surface area contributed by atoms with Gasteiger partial charge in [0.25, 0.3) is 5.91 Å². The van der Waals surface area contributed by atoms with Crippen molar-refractivity contribution in [3.05, 3.63) is 63.4 Å². The highest BCUT2D eigenvalue weighted by atomic mass is 32.1. The summed E-state index contributed by atoms with van der Waals surface area (Å²) in [7, 11) is 0. The molecule has 1 amide bonds. The number of likely N-dealkylation sites (tertiary alicyclic amines) is 1. The summed E-state index contributed by atoms with van der Waals surface area (Å²) in [4.78, 5) is 20.6. The van der Waals surface area contributed by atoms with Crippen molar-refractivity contribution >= 4 is 17.2 Å². The molecule has 1 fully saturated rings. The highest BCUT2D eigenvalue weighted by Gasteiger charge is 2.36. The molecule has 0 spiro atoms. The molecular weight excluding hydrogens is 362 g/mol. The van der Waals surface area contributed by atoms with E-state index in [1.54, 1.807) is 0 Å². The minimum atomic E-state index is 0.0793. The SMILES string of the molecule is Cc1cccc(OCCc2noc(C3CN(C(=O)c4ccc(C)s4)C3)n2)c1. The van der Waals surface area contributed by atoms with Crippen molar-refractivity contribution in [1.82, 2.24) is 15.0 Å². The van der Waals surface area contributed by atoms with Crippen LogP contribution in [0.2, 0.25) is 0 Å². The first-order valence-corrected chi connectivity index (χ1v) is 9.78. The summed E-state index contributed by atoms with van der Waals surface area (Å²) in [5.41, 5.74) is 1.16. The Bertz CT molecular complexity index is 943. The van der Waals surface area contributed by atoms with E-state index >= 15 is 0 Å². The van der Waals surface area contributed by atoms with Crippen LogP contribution in [0, 0.1) is 13.8 Å². The van der Waals surface area contributed by atoms with Crippen LogP contribution in [0.1, 0.15) is 37.7 Å². The van der Waals surface area contributed by atoms with E-state index in [1.165, 1.54) is 11.3 Å². The largest absolute Gasteiger partial charge is 0.493 e. The summed E-state index contributed by atoms with van der Waals surface area (Å²) in [6.45, 7) is 5.78. The molecule has 7 heteroatoms. The van der Waals surface area contributed by atoms with Crippen molar-refractivity contribution in [1.29, 1.82) is 0 Å². The van der Waals surface area contributed by atoms with Gasteiger partial charge in [-0.1, -0.05) is 17.3 Å². The van der Waals surface area contributed by atoms with Crippen LogP contribution >= 0.6 is 11.3 Å². The number of ether oxygens (including phenoxy) is 1. The molecular formula is C20H21N3O3S. The zero-order chi connectivity index (χ0) is 18.8. The molecule has 0 atom stereocenters. The summed E-state index contributed by atoms with van der Waals surface area (Å²) in [5, 5.41) is 4.03. The molecule has 6 nitrogen and oxygen atoms in total. The average Bonchev–Trinajstić information content (AvgIpc) is 3.23. The van der Waals surface area contributed by atoms with Crippen LogP contribution in [-0.4, -0.2) is 40.6 Å². The van der Waals surface area contributed by atoms with Crippen molar-refractivity contribution in [2.75, 3.05) is 19.7 Å². The fourth-order valence-corrected chi connectivity index (χ4v) is 3.84. The fourth-order valence-electron chi connectivity index (χ4n) is 3.01. The lowest BCUT2D eigenvalue weighted by molar-refractivity contribution is 0.0574. The van der Waals surface area contributed by atoms with E-state index in [9.17, 15) is 4.79 Å². The van der Waals surface area contributed by atoms with E-state index < -0.39 is 0 Å². The van der Waals surface area contributed by atoms with E-state index in [-0.39, 0.29) is 11.8 Å². The molecule has 0 radical (unpaired) electrons. The first-order chi connectivity index (χ1) is 13.1. The molecule has 0 saturated carbocycles. The first-order valence-electron chi connectivity index (χ1n) is 8.96. The molecule has 3 aromatic rings. The Morgan fingerprint density at radius 2 is 2.15 bits per heavy atom. The van der Waals surface area contributed by atoms with Crippen LogP contribution in [0.15, 0.2) is 40.9 Å². The Labute approximate surface area is 161 Å². The number of carbonyl (C=O) groups excluding carboxylic acids is 1. The van der Waals surface area contributed by atoms with Crippen molar-refractivity contribution in [3.63, 3.8) is 0 Å². The number of aryl methyl sites for hydroxylation is 2. The maximum absolute atomic E-state index is 12.4. The number of benzene rings is 1. The van der Waals surface area contributed by atoms with Gasteiger partial charge in [-0.3, -0.25) is 4.79 Å². The minimum absolute atomic E-state index is 0.0793. The minimum Gasteiger partial charge on any atom is -0.493 e. The molecule has 1 saturated heterocycles. The van der Waals surface area contributed by atoms with Gasteiger partial charge in [-0.2, -0.15) is 4.98 Å². The topological polar surface area (TPSA) is 68.5 Å². The van der Waals surface area contributed by atoms with Gasteiger partial charge in [0.2, 0.25) is 5.89 Å². The van der Waals surface area contributed by atoms with Gasteiger partial charge in [-0.05, 0) is 43.7 Å². The number of thiophene rings is 1. The number of rotatable bonds is 6. The smallest absolute Gasteiger partial charge is 0.263 e. The van der Waals surface area contributed by atoms with Gasteiger partial charge >= 0.3 is 0 Å². The monoisotopic (exact) mass is 383 g/mol. The van der Waals surface area contributed by atoms with Gasteiger partial charge in [-0.15, -0.1) is 11.3 Å². The lowest BCUT2D eigenvalue weighted by Crippen LogP contribution is -2.48. The number of hydrogen-bond donors (Lipinski definition) is 0. The predicted molar refractivity (Wildman–Crippen MR) is 102 cm³/mol. The Balaban J connectivity index is 1.26. The summed E-state index contributed by atoms with van der Waals surface area (Å²) >= 11 is 1.53. The molecule has 0 unspecified atom stereocenters. The van der Waals surface area contributed by atoms with Gasteiger partial charge in [0.15, 0.2) is 5.82 Å². The van der Waals surface area contributed by atoms with Crippen LogP contribution in [0.25, 0.3) is 0 Å². The second kappa shape index (κ2) is 7.52. The molecule has 0 bridgehead atoms. The number of carbonyl (C=O) groups is 1. The third-order valence-corrected chi connectivity index (χ3v) is 5.53. The van der Waals surface area contributed by atoms with Gasteiger partial charge in [0.1, 0.15) is 5.75 Å². The molecule has 27 heavy (non-hydrogen) atoms. The van der Waals surface area contributed by atoms with Crippen LogP contribution in [0.4, 0.5) is 0 Å². The first kappa shape index (κ1) is 17.7. The third-order valence-electron chi connectivity index (χ3n) is 4.54. The Kier molecular flexibility index (Phi) is 4.94. The van der Waals surface area contributed by atoms with Gasteiger partial charge < -0.3 is 14.2 Å². The van der Waals surface area contributed by atoms with Crippen LogP contribution < -0.4 is 4.74 Å². The van der Waals surface area contributed by atoms with E-state index in [4.69, 9.17) is 9.26 Å². The highest BCUT2D eigenvalue weighted by molar-refractivity contribution is 7.13. The zero-order valence-electron chi connectivity index (χ0n) is 15.3.